The van der Waals surface area contributed by atoms with Crippen LogP contribution < -0.4 is 0 Å². The van der Waals surface area contributed by atoms with Crippen LogP contribution in [0.3, 0.4) is 0 Å². The van der Waals surface area contributed by atoms with Gasteiger partial charge in [-0.3, -0.25) is 9.69 Å². The molecule has 1 saturated heterocycles. The van der Waals surface area contributed by atoms with Gasteiger partial charge in [0.2, 0.25) is 0 Å². The average molecular weight is 281 g/mol. The van der Waals surface area contributed by atoms with Crippen molar-refractivity contribution in [1.29, 1.82) is 0 Å². The maximum atomic E-state index is 10.8. The van der Waals surface area contributed by atoms with E-state index in [1.165, 1.54) is 17.7 Å². The quantitative estimate of drug-likeness (QED) is 0.896. The van der Waals surface area contributed by atoms with Gasteiger partial charge in [0.05, 0.1) is 0 Å². The highest BCUT2D eigenvalue weighted by Gasteiger charge is 2.28. The number of carboxylic acids is 1. The van der Waals surface area contributed by atoms with Gasteiger partial charge in [0.1, 0.15) is 0 Å². The van der Waals surface area contributed by atoms with Crippen molar-refractivity contribution >= 4 is 17.3 Å². The van der Waals surface area contributed by atoms with Gasteiger partial charge in [-0.25, -0.2) is 0 Å². The van der Waals surface area contributed by atoms with Crippen LogP contribution in [-0.4, -0.2) is 29.1 Å². The molecule has 19 heavy (non-hydrogen) atoms. The Labute approximate surface area is 119 Å². The maximum absolute atomic E-state index is 10.8. The summed E-state index contributed by atoms with van der Waals surface area (Å²) in [6.45, 7) is 6.51. The molecule has 1 aromatic heterocycles. The summed E-state index contributed by atoms with van der Waals surface area (Å²) in [6, 6.07) is 4.75. The van der Waals surface area contributed by atoms with E-state index < -0.39 is 5.97 Å². The van der Waals surface area contributed by atoms with Gasteiger partial charge < -0.3 is 5.11 Å². The molecular formula is C15H23NO2S. The molecular weight excluding hydrogens is 258 g/mol. The Morgan fingerprint density at radius 1 is 1.58 bits per heavy atom. The van der Waals surface area contributed by atoms with Crippen molar-refractivity contribution in [1.82, 2.24) is 4.90 Å². The highest BCUT2D eigenvalue weighted by atomic mass is 32.1. The molecule has 106 valence electrons. The highest BCUT2D eigenvalue weighted by Crippen LogP contribution is 2.32. The molecule has 0 bridgehead atoms. The molecule has 2 heterocycles. The number of piperidine rings is 1. The molecule has 1 aliphatic rings. The SMILES string of the molecule is CC(CC(=O)O)C1CCCN(C(C)c2cccs2)C1. The van der Waals surface area contributed by atoms with Crippen LogP contribution in [0.2, 0.25) is 0 Å². The van der Waals surface area contributed by atoms with E-state index in [1.54, 1.807) is 0 Å². The summed E-state index contributed by atoms with van der Waals surface area (Å²) in [5.74, 6) is 0.124. The van der Waals surface area contributed by atoms with Gasteiger partial charge in [0, 0.05) is 23.9 Å². The Balaban J connectivity index is 1.95. The molecule has 1 N–H and O–H groups in total. The first-order valence-corrected chi connectivity index (χ1v) is 7.95. The first kappa shape index (κ1) is 14.5. The van der Waals surface area contributed by atoms with Gasteiger partial charge in [-0.2, -0.15) is 0 Å². The van der Waals surface area contributed by atoms with Gasteiger partial charge >= 0.3 is 5.97 Å². The molecule has 0 aromatic carbocycles. The van der Waals surface area contributed by atoms with Crippen molar-refractivity contribution in [3.8, 4) is 0 Å². The van der Waals surface area contributed by atoms with Gasteiger partial charge in [0.15, 0.2) is 0 Å². The molecule has 1 aliphatic heterocycles. The molecule has 0 spiro atoms. The van der Waals surface area contributed by atoms with Crippen molar-refractivity contribution in [2.75, 3.05) is 13.1 Å². The third kappa shape index (κ3) is 3.80. The minimum Gasteiger partial charge on any atom is -0.481 e. The lowest BCUT2D eigenvalue weighted by molar-refractivity contribution is -0.138. The molecule has 3 nitrogen and oxygen atoms in total. The van der Waals surface area contributed by atoms with E-state index in [0.29, 0.717) is 18.4 Å². The zero-order valence-electron chi connectivity index (χ0n) is 11.7. The topological polar surface area (TPSA) is 40.5 Å². The maximum Gasteiger partial charge on any atom is 0.303 e. The second-order valence-corrected chi connectivity index (χ2v) is 6.64. The van der Waals surface area contributed by atoms with Crippen LogP contribution >= 0.6 is 11.3 Å². The number of thiophene rings is 1. The monoisotopic (exact) mass is 281 g/mol. The van der Waals surface area contributed by atoms with E-state index in [9.17, 15) is 4.79 Å². The van der Waals surface area contributed by atoms with E-state index in [2.05, 4.69) is 36.3 Å². The molecule has 1 fully saturated rings. The van der Waals surface area contributed by atoms with Crippen molar-refractivity contribution in [2.45, 2.75) is 39.2 Å². The standard InChI is InChI=1S/C15H23NO2S/c1-11(9-15(17)18)13-5-3-7-16(10-13)12(2)14-6-4-8-19-14/h4,6,8,11-13H,3,5,7,9-10H2,1-2H3,(H,17,18). The third-order valence-electron chi connectivity index (χ3n) is 4.29. The van der Waals surface area contributed by atoms with Crippen LogP contribution in [0.15, 0.2) is 17.5 Å². The fourth-order valence-corrected chi connectivity index (χ4v) is 3.83. The number of hydrogen-bond donors (Lipinski definition) is 1. The molecule has 4 heteroatoms. The Hall–Kier alpha value is -0.870. The summed E-state index contributed by atoms with van der Waals surface area (Å²) < 4.78 is 0. The van der Waals surface area contributed by atoms with Crippen molar-refractivity contribution in [3.05, 3.63) is 22.4 Å². The summed E-state index contributed by atoms with van der Waals surface area (Å²) >= 11 is 1.81. The fourth-order valence-electron chi connectivity index (χ4n) is 3.01. The van der Waals surface area contributed by atoms with Crippen LogP contribution in [0.4, 0.5) is 0 Å². The summed E-state index contributed by atoms with van der Waals surface area (Å²) in [5, 5.41) is 11.1. The molecule has 0 radical (unpaired) electrons. The van der Waals surface area contributed by atoms with E-state index in [4.69, 9.17) is 5.11 Å². The summed E-state index contributed by atoms with van der Waals surface area (Å²) in [7, 11) is 0. The van der Waals surface area contributed by atoms with E-state index in [-0.39, 0.29) is 5.92 Å². The van der Waals surface area contributed by atoms with Crippen LogP contribution in [-0.2, 0) is 4.79 Å². The van der Waals surface area contributed by atoms with Crippen molar-refractivity contribution in [2.24, 2.45) is 11.8 Å². The van der Waals surface area contributed by atoms with Gasteiger partial charge in [-0.15, -0.1) is 11.3 Å². The zero-order chi connectivity index (χ0) is 13.8. The highest BCUT2D eigenvalue weighted by molar-refractivity contribution is 7.10. The van der Waals surface area contributed by atoms with Crippen LogP contribution in [0.25, 0.3) is 0 Å². The Morgan fingerprint density at radius 3 is 3.00 bits per heavy atom. The lowest BCUT2D eigenvalue weighted by Gasteiger charge is -2.38. The van der Waals surface area contributed by atoms with Crippen molar-refractivity contribution in [3.63, 3.8) is 0 Å². The lowest BCUT2D eigenvalue weighted by Crippen LogP contribution is -2.39. The van der Waals surface area contributed by atoms with Gasteiger partial charge in [0.25, 0.3) is 0 Å². The average Bonchev–Trinajstić information content (AvgIpc) is 2.91. The summed E-state index contributed by atoms with van der Waals surface area (Å²) in [6.07, 6.45) is 2.65. The van der Waals surface area contributed by atoms with Crippen LogP contribution in [0, 0.1) is 11.8 Å². The molecule has 0 aliphatic carbocycles. The minimum absolute atomic E-state index is 0.274. The fraction of sp³-hybridized carbons (Fsp3) is 0.667. The normalized spacial score (nSPS) is 24.0. The van der Waals surface area contributed by atoms with Gasteiger partial charge in [-0.1, -0.05) is 13.0 Å². The van der Waals surface area contributed by atoms with E-state index in [1.807, 2.05) is 11.3 Å². The van der Waals surface area contributed by atoms with E-state index in [0.717, 1.165) is 13.1 Å². The molecule has 1 aromatic rings. The minimum atomic E-state index is -0.670. The second-order valence-electron chi connectivity index (χ2n) is 5.66. The molecule has 3 atom stereocenters. The van der Waals surface area contributed by atoms with E-state index >= 15 is 0 Å². The zero-order valence-corrected chi connectivity index (χ0v) is 12.5. The number of carboxylic acid groups (broad SMARTS) is 1. The molecule has 0 amide bonds. The first-order chi connectivity index (χ1) is 9.08. The Bertz CT molecular complexity index is 404. The largest absolute Gasteiger partial charge is 0.481 e. The molecule has 3 unspecified atom stereocenters. The number of rotatable bonds is 5. The number of carbonyl (C=O) groups is 1. The summed E-state index contributed by atoms with van der Waals surface area (Å²) in [5.41, 5.74) is 0. The second kappa shape index (κ2) is 6.53. The van der Waals surface area contributed by atoms with Crippen LogP contribution in [0.1, 0.15) is 44.0 Å². The van der Waals surface area contributed by atoms with Crippen LogP contribution in [0.5, 0.6) is 0 Å². The third-order valence-corrected chi connectivity index (χ3v) is 5.34. The first-order valence-electron chi connectivity index (χ1n) is 7.07. The Morgan fingerprint density at radius 2 is 2.37 bits per heavy atom. The predicted octanol–water partition coefficient (Wildman–Crippen LogP) is 3.63. The summed E-state index contributed by atoms with van der Waals surface area (Å²) in [4.78, 5) is 14.8. The number of aliphatic carboxylic acids is 1. The number of nitrogens with zero attached hydrogens (tertiary/aromatic N) is 1. The molecule has 0 saturated carbocycles. The smallest absolute Gasteiger partial charge is 0.303 e. The predicted molar refractivity (Wildman–Crippen MR) is 78.4 cm³/mol. The number of hydrogen-bond acceptors (Lipinski definition) is 3. The Kier molecular flexibility index (Phi) is 4.99. The van der Waals surface area contributed by atoms with Gasteiger partial charge in [-0.05, 0) is 49.6 Å². The number of likely N-dealkylation sites (tertiary alicyclic amines) is 1. The van der Waals surface area contributed by atoms with Crippen molar-refractivity contribution < 1.29 is 9.90 Å². The lowest BCUT2D eigenvalue weighted by atomic mass is 9.84. The molecule has 2 rings (SSSR count).